The summed E-state index contributed by atoms with van der Waals surface area (Å²) < 4.78 is 5.33. The molecule has 0 saturated carbocycles. The molecule has 1 fully saturated rings. The number of aryl methyl sites for hydroxylation is 1. The fourth-order valence-electron chi connectivity index (χ4n) is 2.68. The highest BCUT2D eigenvalue weighted by Crippen LogP contribution is 2.31. The second-order valence-electron chi connectivity index (χ2n) is 4.78. The molecule has 1 aliphatic rings. The van der Waals surface area contributed by atoms with Crippen molar-refractivity contribution < 1.29 is 4.74 Å². The first-order chi connectivity index (χ1) is 8.80. The Morgan fingerprint density at radius 1 is 1.56 bits per heavy atom. The van der Waals surface area contributed by atoms with E-state index in [2.05, 4.69) is 24.4 Å². The highest BCUT2D eigenvalue weighted by molar-refractivity contribution is 5.40. The molecule has 96 valence electrons. The van der Waals surface area contributed by atoms with Crippen LogP contribution in [0.5, 0.6) is 5.75 Å². The molecule has 1 heterocycles. The lowest BCUT2D eigenvalue weighted by Crippen LogP contribution is -2.15. The van der Waals surface area contributed by atoms with Crippen LogP contribution in [0.15, 0.2) is 18.2 Å². The van der Waals surface area contributed by atoms with Crippen LogP contribution >= 0.6 is 0 Å². The summed E-state index contributed by atoms with van der Waals surface area (Å²) in [5.41, 5.74) is 2.31. The predicted molar refractivity (Wildman–Crippen MR) is 71.7 cm³/mol. The predicted octanol–water partition coefficient (Wildman–Crippen LogP) is 2.47. The molecule has 0 spiro atoms. The first-order valence-electron chi connectivity index (χ1n) is 6.57. The number of nitrogens with zero attached hydrogens (tertiary/aromatic N) is 1. The van der Waals surface area contributed by atoms with Crippen molar-refractivity contribution in [2.24, 2.45) is 5.92 Å². The molecule has 1 saturated heterocycles. The quantitative estimate of drug-likeness (QED) is 0.885. The molecule has 0 aromatic heterocycles. The average molecular weight is 244 g/mol. The minimum absolute atomic E-state index is 0.00351. The van der Waals surface area contributed by atoms with Crippen LogP contribution < -0.4 is 10.1 Å². The van der Waals surface area contributed by atoms with Crippen LogP contribution in [0.4, 0.5) is 0 Å². The molecule has 1 aliphatic heterocycles. The van der Waals surface area contributed by atoms with Crippen molar-refractivity contribution in [2.45, 2.75) is 25.7 Å². The van der Waals surface area contributed by atoms with Gasteiger partial charge in [0.1, 0.15) is 5.75 Å². The molecule has 0 amide bonds. The maximum Gasteiger partial charge on any atom is 0.122 e. The third kappa shape index (κ3) is 2.49. The van der Waals surface area contributed by atoms with Gasteiger partial charge in [-0.1, -0.05) is 19.1 Å². The number of ether oxygens (including phenoxy) is 1. The van der Waals surface area contributed by atoms with Gasteiger partial charge in [-0.25, -0.2) is 0 Å². The number of nitriles is 1. The maximum absolute atomic E-state index is 9.42. The van der Waals surface area contributed by atoms with E-state index in [0.717, 1.165) is 37.2 Å². The fraction of sp³-hybridized carbons (Fsp3) is 0.533. The molecule has 0 bridgehead atoms. The van der Waals surface area contributed by atoms with Crippen LogP contribution in [0.1, 0.15) is 30.4 Å². The summed E-state index contributed by atoms with van der Waals surface area (Å²) in [5, 5.41) is 12.8. The first kappa shape index (κ1) is 12.9. The summed E-state index contributed by atoms with van der Waals surface area (Å²) >= 11 is 0. The molecule has 1 aromatic carbocycles. The van der Waals surface area contributed by atoms with Crippen LogP contribution in [-0.2, 0) is 6.42 Å². The Hall–Kier alpha value is -1.53. The molecule has 0 radical (unpaired) electrons. The lowest BCUT2D eigenvalue weighted by Gasteiger charge is -2.18. The zero-order valence-electron chi connectivity index (χ0n) is 11.1. The van der Waals surface area contributed by atoms with E-state index in [1.54, 1.807) is 7.11 Å². The van der Waals surface area contributed by atoms with Crippen LogP contribution in [0.2, 0.25) is 0 Å². The Balaban J connectivity index is 2.28. The van der Waals surface area contributed by atoms with Gasteiger partial charge in [-0.3, -0.25) is 0 Å². The van der Waals surface area contributed by atoms with E-state index in [1.807, 2.05) is 12.1 Å². The summed E-state index contributed by atoms with van der Waals surface area (Å²) in [7, 11) is 1.69. The third-order valence-electron chi connectivity index (χ3n) is 3.75. The molecule has 0 aliphatic carbocycles. The van der Waals surface area contributed by atoms with E-state index in [-0.39, 0.29) is 5.92 Å². The highest BCUT2D eigenvalue weighted by atomic mass is 16.5. The minimum atomic E-state index is -0.00351. The Bertz CT molecular complexity index is 444. The summed E-state index contributed by atoms with van der Waals surface area (Å²) in [6, 6.07) is 8.62. The topological polar surface area (TPSA) is 45.0 Å². The highest BCUT2D eigenvalue weighted by Gasteiger charge is 2.26. The number of nitrogens with one attached hydrogen (secondary N) is 1. The van der Waals surface area contributed by atoms with Gasteiger partial charge in [-0.15, -0.1) is 0 Å². The number of methoxy groups -OCH3 is 1. The molecule has 18 heavy (non-hydrogen) atoms. The van der Waals surface area contributed by atoms with Crippen LogP contribution in [0.25, 0.3) is 0 Å². The molecular formula is C15H20N2O. The molecule has 2 unspecified atom stereocenters. The second-order valence-corrected chi connectivity index (χ2v) is 4.78. The normalized spacial score (nSPS) is 20.4. The van der Waals surface area contributed by atoms with E-state index < -0.39 is 0 Å². The summed E-state index contributed by atoms with van der Waals surface area (Å²) in [6.07, 6.45) is 2.02. The smallest absolute Gasteiger partial charge is 0.122 e. The zero-order valence-corrected chi connectivity index (χ0v) is 11.1. The fourth-order valence-corrected chi connectivity index (χ4v) is 2.68. The molecule has 2 atom stereocenters. The third-order valence-corrected chi connectivity index (χ3v) is 3.75. The van der Waals surface area contributed by atoms with Gasteiger partial charge in [0.05, 0.1) is 19.1 Å². The first-order valence-corrected chi connectivity index (χ1v) is 6.57. The number of hydrogen-bond donors (Lipinski definition) is 1. The van der Waals surface area contributed by atoms with E-state index >= 15 is 0 Å². The molecule has 2 rings (SSSR count). The number of hydrogen-bond acceptors (Lipinski definition) is 3. The van der Waals surface area contributed by atoms with Gasteiger partial charge in [0, 0.05) is 0 Å². The van der Waals surface area contributed by atoms with Gasteiger partial charge >= 0.3 is 0 Å². The lowest BCUT2D eigenvalue weighted by atomic mass is 9.85. The van der Waals surface area contributed by atoms with Crippen molar-refractivity contribution in [1.82, 2.24) is 5.32 Å². The van der Waals surface area contributed by atoms with Crippen LogP contribution in [0, 0.1) is 17.2 Å². The summed E-state index contributed by atoms with van der Waals surface area (Å²) in [5.74, 6) is 1.35. The van der Waals surface area contributed by atoms with Crippen molar-refractivity contribution in [3.8, 4) is 11.8 Å². The van der Waals surface area contributed by atoms with Gasteiger partial charge in [0.2, 0.25) is 0 Å². The average Bonchev–Trinajstić information content (AvgIpc) is 2.93. The Morgan fingerprint density at radius 2 is 2.39 bits per heavy atom. The van der Waals surface area contributed by atoms with Crippen molar-refractivity contribution in [2.75, 3.05) is 20.2 Å². The Labute approximate surface area is 109 Å². The molecule has 1 N–H and O–H groups in total. The second kappa shape index (κ2) is 5.88. The van der Waals surface area contributed by atoms with Crippen molar-refractivity contribution >= 4 is 0 Å². The summed E-state index contributed by atoms with van der Waals surface area (Å²) in [6.45, 7) is 4.09. The van der Waals surface area contributed by atoms with Crippen molar-refractivity contribution in [1.29, 1.82) is 5.26 Å². The van der Waals surface area contributed by atoms with Gasteiger partial charge < -0.3 is 10.1 Å². The van der Waals surface area contributed by atoms with Crippen LogP contribution in [0.3, 0.4) is 0 Å². The van der Waals surface area contributed by atoms with E-state index in [9.17, 15) is 5.26 Å². The van der Waals surface area contributed by atoms with Gasteiger partial charge in [-0.2, -0.15) is 5.26 Å². The SMILES string of the molecule is CCc1cc(C(C#N)C2CCNC2)ccc1OC. The van der Waals surface area contributed by atoms with Gasteiger partial charge in [0.15, 0.2) is 0 Å². The molecule has 3 heteroatoms. The maximum atomic E-state index is 9.42. The van der Waals surface area contributed by atoms with E-state index in [4.69, 9.17) is 4.74 Å². The largest absolute Gasteiger partial charge is 0.496 e. The van der Waals surface area contributed by atoms with Gasteiger partial charge in [0.25, 0.3) is 0 Å². The van der Waals surface area contributed by atoms with Crippen molar-refractivity contribution in [3.63, 3.8) is 0 Å². The zero-order chi connectivity index (χ0) is 13.0. The Kier molecular flexibility index (Phi) is 4.22. The van der Waals surface area contributed by atoms with Crippen molar-refractivity contribution in [3.05, 3.63) is 29.3 Å². The monoisotopic (exact) mass is 244 g/mol. The lowest BCUT2D eigenvalue weighted by molar-refractivity contribution is 0.409. The molecule has 3 nitrogen and oxygen atoms in total. The molecule has 1 aromatic rings. The van der Waals surface area contributed by atoms with Gasteiger partial charge in [-0.05, 0) is 49.0 Å². The molecular weight excluding hydrogens is 224 g/mol. The summed E-state index contributed by atoms with van der Waals surface area (Å²) in [4.78, 5) is 0. The van der Waals surface area contributed by atoms with Crippen LogP contribution in [-0.4, -0.2) is 20.2 Å². The number of rotatable bonds is 4. The Morgan fingerprint density at radius 3 is 2.94 bits per heavy atom. The standard InChI is InChI=1S/C15H20N2O/c1-3-11-8-12(4-5-15(11)18-2)14(9-16)13-6-7-17-10-13/h4-5,8,13-14,17H,3,6-7,10H2,1-2H3. The minimum Gasteiger partial charge on any atom is -0.496 e. The van der Waals surface area contributed by atoms with E-state index in [1.165, 1.54) is 5.56 Å². The number of benzene rings is 1. The van der Waals surface area contributed by atoms with E-state index in [0.29, 0.717) is 5.92 Å².